The molecule has 0 saturated carbocycles. The lowest BCUT2D eigenvalue weighted by atomic mass is 10.00. The Hall–Kier alpha value is -1.54. The van der Waals surface area contributed by atoms with Gasteiger partial charge in [0, 0.05) is 48.1 Å². The monoisotopic (exact) mass is 465 g/mol. The molecule has 5 nitrogen and oxygen atoms in total. The Morgan fingerprint density at radius 3 is 2.57 bits per heavy atom. The summed E-state index contributed by atoms with van der Waals surface area (Å²) in [7, 11) is 0. The second-order valence-corrected chi connectivity index (χ2v) is 9.95. The topological polar surface area (TPSA) is 66.6 Å². The maximum Gasteiger partial charge on any atom is 0.233 e. The molecule has 1 unspecified atom stereocenters. The zero-order valence-electron chi connectivity index (χ0n) is 17.1. The second-order valence-electron chi connectivity index (χ2n) is 7.68. The first-order chi connectivity index (χ1) is 14.4. The molecule has 2 aromatic rings. The van der Waals surface area contributed by atoms with Crippen molar-refractivity contribution in [1.82, 2.24) is 9.80 Å². The molecule has 0 spiro atoms. The van der Waals surface area contributed by atoms with Crippen LogP contribution in [0, 0.1) is 0 Å². The number of piperidine rings is 1. The molecule has 1 fully saturated rings. The molecule has 1 saturated heterocycles. The Balaban J connectivity index is 1.61. The van der Waals surface area contributed by atoms with Crippen LogP contribution in [-0.2, 0) is 16.1 Å². The Morgan fingerprint density at radius 2 is 1.97 bits per heavy atom. The van der Waals surface area contributed by atoms with Crippen molar-refractivity contribution in [2.24, 2.45) is 5.73 Å². The lowest BCUT2D eigenvalue weighted by Gasteiger charge is -2.40. The minimum atomic E-state index is -0.266. The zero-order chi connectivity index (χ0) is 21.5. The molecular weight excluding hydrogens is 438 g/mol. The van der Waals surface area contributed by atoms with Crippen molar-refractivity contribution in [1.29, 1.82) is 0 Å². The van der Waals surface area contributed by atoms with Crippen LogP contribution in [0.3, 0.4) is 0 Å². The van der Waals surface area contributed by atoms with Gasteiger partial charge in [-0.15, -0.1) is 11.8 Å². The molecular formula is C22H28ClN3O2S2. The first-order valence-electron chi connectivity index (χ1n) is 10.1. The van der Waals surface area contributed by atoms with Crippen LogP contribution in [0.2, 0.25) is 5.02 Å². The van der Waals surface area contributed by atoms with Crippen LogP contribution >= 0.6 is 34.7 Å². The van der Waals surface area contributed by atoms with E-state index in [-0.39, 0.29) is 23.9 Å². The fraction of sp³-hybridized carbons (Fsp3) is 0.455. The summed E-state index contributed by atoms with van der Waals surface area (Å²) < 4.78 is 0. The predicted octanol–water partition coefficient (Wildman–Crippen LogP) is 4.25. The van der Waals surface area contributed by atoms with E-state index in [4.69, 9.17) is 17.3 Å². The number of halogens is 1. The van der Waals surface area contributed by atoms with Gasteiger partial charge in [0.1, 0.15) is 0 Å². The number of thioether (sulfide) groups is 1. The number of carbonyl (C=O) groups is 2. The van der Waals surface area contributed by atoms with Gasteiger partial charge in [-0.2, -0.15) is 11.3 Å². The molecule has 2 heterocycles. The fourth-order valence-electron chi connectivity index (χ4n) is 3.82. The maximum absolute atomic E-state index is 13.2. The highest BCUT2D eigenvalue weighted by Gasteiger charge is 2.30. The smallest absolute Gasteiger partial charge is 0.233 e. The van der Waals surface area contributed by atoms with Crippen molar-refractivity contribution in [3.63, 3.8) is 0 Å². The van der Waals surface area contributed by atoms with Crippen molar-refractivity contribution in [3.05, 3.63) is 51.7 Å². The normalized spacial score (nSPS) is 16.3. The van der Waals surface area contributed by atoms with Gasteiger partial charge >= 0.3 is 0 Å². The van der Waals surface area contributed by atoms with Gasteiger partial charge in [0.15, 0.2) is 0 Å². The maximum atomic E-state index is 13.2. The van der Waals surface area contributed by atoms with Gasteiger partial charge < -0.3 is 10.6 Å². The number of carbonyl (C=O) groups excluding carboxylic acids is 2. The first-order valence-corrected chi connectivity index (χ1v) is 12.4. The van der Waals surface area contributed by atoms with E-state index in [1.54, 1.807) is 23.1 Å². The molecule has 8 heteroatoms. The summed E-state index contributed by atoms with van der Waals surface area (Å²) in [5, 5.41) is 4.85. The minimum Gasteiger partial charge on any atom is -0.370 e. The van der Waals surface area contributed by atoms with Crippen molar-refractivity contribution in [2.45, 2.75) is 49.7 Å². The van der Waals surface area contributed by atoms with Crippen molar-refractivity contribution in [2.75, 3.05) is 18.8 Å². The third-order valence-corrected chi connectivity index (χ3v) is 7.47. The molecule has 0 radical (unpaired) electrons. The SMILES string of the molecule is CC(CC(N)=O)N1CCC(N(Cc2ccsc2)C(=O)CSc2ccc(Cl)cc2)CC1. The van der Waals surface area contributed by atoms with Gasteiger partial charge in [-0.1, -0.05) is 11.6 Å². The molecule has 30 heavy (non-hydrogen) atoms. The molecule has 1 aromatic heterocycles. The Labute approximate surface area is 191 Å². The standard InChI is InChI=1S/C22H28ClN3O2S2/c1-16(12-21(24)27)25-9-6-19(7-10-25)26(13-17-8-11-29-14-17)22(28)15-30-20-4-2-18(23)3-5-20/h2-5,8,11,14,16,19H,6-7,9-10,12-13,15H2,1H3,(H2,24,27). The molecule has 1 aromatic carbocycles. The van der Waals surface area contributed by atoms with E-state index in [0.717, 1.165) is 30.8 Å². The van der Waals surface area contributed by atoms with Gasteiger partial charge in [-0.05, 0) is 66.4 Å². The van der Waals surface area contributed by atoms with E-state index in [1.165, 1.54) is 5.56 Å². The lowest BCUT2D eigenvalue weighted by molar-refractivity contribution is -0.132. The van der Waals surface area contributed by atoms with Crippen LogP contribution in [-0.4, -0.2) is 52.5 Å². The molecule has 0 aliphatic carbocycles. The fourth-order valence-corrected chi connectivity index (χ4v) is 5.39. The molecule has 2 amide bonds. The summed E-state index contributed by atoms with van der Waals surface area (Å²) in [6.45, 7) is 4.43. The average molecular weight is 466 g/mol. The highest BCUT2D eigenvalue weighted by molar-refractivity contribution is 8.00. The number of nitrogens with zero attached hydrogens (tertiary/aromatic N) is 2. The number of likely N-dealkylation sites (tertiary alicyclic amines) is 1. The summed E-state index contributed by atoms with van der Waals surface area (Å²) in [5.41, 5.74) is 6.53. The van der Waals surface area contributed by atoms with E-state index in [1.807, 2.05) is 36.1 Å². The number of amides is 2. The van der Waals surface area contributed by atoms with Crippen LogP contribution in [0.5, 0.6) is 0 Å². The number of thiophene rings is 1. The van der Waals surface area contributed by atoms with Gasteiger partial charge in [0.05, 0.1) is 5.75 Å². The van der Waals surface area contributed by atoms with Gasteiger partial charge in [-0.3, -0.25) is 14.5 Å². The number of nitrogens with two attached hydrogens (primary N) is 1. The van der Waals surface area contributed by atoms with E-state index < -0.39 is 0 Å². The number of benzene rings is 1. The van der Waals surface area contributed by atoms with Crippen molar-refractivity contribution >= 4 is 46.5 Å². The summed E-state index contributed by atoms with van der Waals surface area (Å²) in [6.07, 6.45) is 2.19. The molecule has 0 bridgehead atoms. The molecule has 1 aliphatic rings. The van der Waals surface area contributed by atoms with Gasteiger partial charge in [0.25, 0.3) is 0 Å². The Bertz CT molecular complexity index is 821. The van der Waals surface area contributed by atoms with Gasteiger partial charge in [-0.25, -0.2) is 0 Å². The van der Waals surface area contributed by atoms with Crippen LogP contribution in [0.25, 0.3) is 0 Å². The summed E-state index contributed by atoms with van der Waals surface area (Å²) >= 11 is 9.15. The van der Waals surface area contributed by atoms with E-state index in [2.05, 4.69) is 21.7 Å². The van der Waals surface area contributed by atoms with E-state index in [9.17, 15) is 9.59 Å². The highest BCUT2D eigenvalue weighted by atomic mass is 35.5. The Morgan fingerprint density at radius 1 is 1.27 bits per heavy atom. The summed E-state index contributed by atoms with van der Waals surface area (Å²) in [6, 6.07) is 10.0. The lowest BCUT2D eigenvalue weighted by Crippen LogP contribution is -2.50. The molecule has 1 atom stereocenters. The van der Waals surface area contributed by atoms with Crippen molar-refractivity contribution < 1.29 is 9.59 Å². The second kappa shape index (κ2) is 11.2. The summed E-state index contributed by atoms with van der Waals surface area (Å²) in [4.78, 5) is 29.8. The Kier molecular flexibility index (Phi) is 8.62. The minimum absolute atomic E-state index is 0.143. The number of hydrogen-bond donors (Lipinski definition) is 1. The molecule has 3 rings (SSSR count). The van der Waals surface area contributed by atoms with Crippen LogP contribution < -0.4 is 5.73 Å². The number of rotatable bonds is 9. The molecule has 1 aliphatic heterocycles. The number of primary amides is 1. The summed E-state index contributed by atoms with van der Waals surface area (Å²) in [5.74, 6) is 0.298. The molecule has 162 valence electrons. The van der Waals surface area contributed by atoms with E-state index >= 15 is 0 Å². The zero-order valence-corrected chi connectivity index (χ0v) is 19.5. The third-order valence-electron chi connectivity index (χ3n) is 5.49. The van der Waals surface area contributed by atoms with Crippen molar-refractivity contribution in [3.8, 4) is 0 Å². The largest absolute Gasteiger partial charge is 0.370 e. The average Bonchev–Trinajstić information content (AvgIpc) is 3.24. The first kappa shape index (κ1) is 23.1. The van der Waals surface area contributed by atoms with E-state index in [0.29, 0.717) is 23.7 Å². The predicted molar refractivity (Wildman–Crippen MR) is 125 cm³/mol. The highest BCUT2D eigenvalue weighted by Crippen LogP contribution is 2.25. The van der Waals surface area contributed by atoms with Crippen LogP contribution in [0.1, 0.15) is 31.7 Å². The quantitative estimate of drug-likeness (QED) is 0.562. The van der Waals surface area contributed by atoms with Gasteiger partial charge in [0.2, 0.25) is 11.8 Å². The number of hydrogen-bond acceptors (Lipinski definition) is 5. The third kappa shape index (κ3) is 6.74. The molecule has 2 N–H and O–H groups in total. The van der Waals surface area contributed by atoms with Crippen LogP contribution in [0.15, 0.2) is 46.0 Å². The van der Waals surface area contributed by atoms with Crippen LogP contribution in [0.4, 0.5) is 0 Å².